The van der Waals surface area contributed by atoms with Gasteiger partial charge in [-0.15, -0.1) is 0 Å². The minimum absolute atomic E-state index is 0.0481. The van der Waals surface area contributed by atoms with Crippen molar-refractivity contribution in [3.8, 4) is 11.5 Å². The van der Waals surface area contributed by atoms with Gasteiger partial charge in [-0.25, -0.2) is 8.42 Å². The number of halogens is 1. The fourth-order valence-electron chi connectivity index (χ4n) is 5.02. The Labute approximate surface area is 268 Å². The van der Waals surface area contributed by atoms with E-state index in [9.17, 15) is 18.0 Å². The van der Waals surface area contributed by atoms with Crippen molar-refractivity contribution in [2.24, 2.45) is 0 Å². The van der Waals surface area contributed by atoms with Crippen LogP contribution in [0.1, 0.15) is 44.2 Å². The van der Waals surface area contributed by atoms with E-state index in [1.54, 1.807) is 23.1 Å². The highest BCUT2D eigenvalue weighted by Gasteiger charge is 2.31. The Bertz CT molecular complexity index is 1540. The van der Waals surface area contributed by atoms with Gasteiger partial charge in [0.1, 0.15) is 19.3 Å². The molecule has 44 heavy (non-hydrogen) atoms. The first-order chi connectivity index (χ1) is 21.0. The van der Waals surface area contributed by atoms with E-state index in [0.29, 0.717) is 36.8 Å². The van der Waals surface area contributed by atoms with E-state index in [2.05, 4.69) is 21.2 Å². The highest BCUT2D eigenvalue weighted by Crippen LogP contribution is 2.35. The molecule has 11 heteroatoms. The standard InChI is InChI=1S/C33H40BrN3O6S/c1-4-24(2)35-33(39)29(21-25-10-6-5-7-11-25)36(23-26-12-8-13-27(34)20-26)32(38)14-9-17-37(44(3,40)41)28-15-16-30-31(22-28)43-19-18-42-30/h5-8,10-13,15-16,20,22,24,29H,4,9,14,17-19,21,23H2,1-3H3,(H,35,39)/t24-,29-/m0/s1. The van der Waals surface area contributed by atoms with Crippen LogP contribution in [0.5, 0.6) is 11.5 Å². The Morgan fingerprint density at radius 3 is 2.34 bits per heavy atom. The number of hydrogen-bond donors (Lipinski definition) is 1. The second-order valence-corrected chi connectivity index (χ2v) is 13.8. The molecule has 0 unspecified atom stereocenters. The Morgan fingerprint density at radius 1 is 0.955 bits per heavy atom. The van der Waals surface area contributed by atoms with E-state index < -0.39 is 16.1 Å². The van der Waals surface area contributed by atoms with Gasteiger partial charge in [-0.3, -0.25) is 13.9 Å². The average molecular weight is 687 g/mol. The molecule has 3 aromatic carbocycles. The van der Waals surface area contributed by atoms with E-state index in [1.807, 2.05) is 68.4 Å². The highest BCUT2D eigenvalue weighted by atomic mass is 79.9. The smallest absolute Gasteiger partial charge is 0.243 e. The number of sulfonamides is 1. The summed E-state index contributed by atoms with van der Waals surface area (Å²) in [4.78, 5) is 29.4. The number of carbonyl (C=O) groups excluding carboxylic acids is 2. The van der Waals surface area contributed by atoms with Crippen molar-refractivity contribution < 1.29 is 27.5 Å². The molecule has 3 aromatic rings. The summed E-state index contributed by atoms with van der Waals surface area (Å²) in [6, 6.07) is 21.5. The fraction of sp³-hybridized carbons (Fsp3) is 0.394. The molecule has 0 bridgehead atoms. The molecule has 0 fully saturated rings. The summed E-state index contributed by atoms with van der Waals surface area (Å²) in [6.07, 6.45) is 2.53. The Kier molecular flexibility index (Phi) is 11.7. The molecule has 0 radical (unpaired) electrons. The Morgan fingerprint density at radius 2 is 1.66 bits per heavy atom. The van der Waals surface area contributed by atoms with Crippen LogP contribution in [0, 0.1) is 0 Å². The molecular formula is C33H40BrN3O6S. The topological polar surface area (TPSA) is 105 Å². The third kappa shape index (κ3) is 9.22. The zero-order chi connectivity index (χ0) is 31.7. The predicted molar refractivity (Wildman–Crippen MR) is 175 cm³/mol. The van der Waals surface area contributed by atoms with Gasteiger partial charge < -0.3 is 19.7 Å². The lowest BCUT2D eigenvalue weighted by molar-refractivity contribution is -0.141. The molecular weight excluding hydrogens is 646 g/mol. The van der Waals surface area contributed by atoms with Crippen molar-refractivity contribution in [2.45, 2.75) is 58.2 Å². The summed E-state index contributed by atoms with van der Waals surface area (Å²) in [5.74, 6) is 0.586. The SMILES string of the molecule is CC[C@H](C)NC(=O)[C@H](Cc1ccccc1)N(Cc1cccc(Br)c1)C(=O)CCCN(c1ccc2c(c1)OCCO2)S(C)(=O)=O. The number of carbonyl (C=O) groups is 2. The average Bonchev–Trinajstić information content (AvgIpc) is 3.00. The second kappa shape index (κ2) is 15.4. The lowest BCUT2D eigenvalue weighted by atomic mass is 10.0. The zero-order valence-electron chi connectivity index (χ0n) is 25.4. The van der Waals surface area contributed by atoms with Gasteiger partial charge in [-0.2, -0.15) is 0 Å². The first-order valence-electron chi connectivity index (χ1n) is 14.8. The van der Waals surface area contributed by atoms with Gasteiger partial charge in [0.25, 0.3) is 0 Å². The highest BCUT2D eigenvalue weighted by molar-refractivity contribution is 9.10. The molecule has 0 saturated carbocycles. The minimum atomic E-state index is -3.66. The molecule has 9 nitrogen and oxygen atoms in total. The first-order valence-corrected chi connectivity index (χ1v) is 17.4. The molecule has 0 saturated heterocycles. The summed E-state index contributed by atoms with van der Waals surface area (Å²) >= 11 is 3.51. The molecule has 0 spiro atoms. The molecule has 0 aromatic heterocycles. The maximum absolute atomic E-state index is 14.0. The van der Waals surface area contributed by atoms with Gasteiger partial charge in [0.15, 0.2) is 11.5 Å². The molecule has 0 aliphatic carbocycles. The van der Waals surface area contributed by atoms with Crippen LogP contribution in [-0.4, -0.2) is 63.2 Å². The van der Waals surface area contributed by atoms with Crippen molar-refractivity contribution >= 4 is 43.5 Å². The van der Waals surface area contributed by atoms with Crippen LogP contribution in [0.4, 0.5) is 5.69 Å². The van der Waals surface area contributed by atoms with E-state index in [4.69, 9.17) is 9.47 Å². The third-order valence-corrected chi connectivity index (χ3v) is 9.17. The van der Waals surface area contributed by atoms with Crippen LogP contribution in [0.25, 0.3) is 0 Å². The van der Waals surface area contributed by atoms with Crippen LogP contribution in [0.2, 0.25) is 0 Å². The second-order valence-electron chi connectivity index (χ2n) is 10.9. The predicted octanol–water partition coefficient (Wildman–Crippen LogP) is 5.32. The number of fused-ring (bicyclic) bond motifs is 1. The molecule has 1 heterocycles. The summed E-state index contributed by atoms with van der Waals surface area (Å²) < 4.78 is 39.0. The third-order valence-electron chi connectivity index (χ3n) is 7.48. The molecule has 1 aliphatic rings. The molecule has 1 N–H and O–H groups in total. The van der Waals surface area contributed by atoms with Gasteiger partial charge in [0.05, 0.1) is 11.9 Å². The fourth-order valence-corrected chi connectivity index (χ4v) is 6.42. The number of hydrogen-bond acceptors (Lipinski definition) is 6. The molecule has 4 rings (SSSR count). The Hall–Kier alpha value is -3.57. The van der Waals surface area contributed by atoms with Gasteiger partial charge in [0.2, 0.25) is 21.8 Å². The van der Waals surface area contributed by atoms with Crippen molar-refractivity contribution in [1.29, 1.82) is 0 Å². The first kappa shape index (κ1) is 33.3. The quantitative estimate of drug-likeness (QED) is 0.246. The summed E-state index contributed by atoms with van der Waals surface area (Å²) in [7, 11) is -3.66. The number of amides is 2. The van der Waals surface area contributed by atoms with Crippen molar-refractivity contribution in [3.63, 3.8) is 0 Å². The van der Waals surface area contributed by atoms with Crippen LogP contribution < -0.4 is 19.1 Å². The van der Waals surface area contributed by atoms with Crippen LogP contribution in [-0.2, 0) is 32.6 Å². The number of benzene rings is 3. The maximum Gasteiger partial charge on any atom is 0.243 e. The number of nitrogens with zero attached hydrogens (tertiary/aromatic N) is 2. The van der Waals surface area contributed by atoms with Gasteiger partial charge in [-0.1, -0.05) is 65.3 Å². The largest absolute Gasteiger partial charge is 0.486 e. The summed E-state index contributed by atoms with van der Waals surface area (Å²) in [5, 5.41) is 3.07. The van der Waals surface area contributed by atoms with Gasteiger partial charge in [-0.05, 0) is 55.2 Å². The lowest BCUT2D eigenvalue weighted by Crippen LogP contribution is -2.52. The van der Waals surface area contributed by atoms with E-state index in [0.717, 1.165) is 28.3 Å². The zero-order valence-corrected chi connectivity index (χ0v) is 27.8. The van der Waals surface area contributed by atoms with Crippen LogP contribution in [0.15, 0.2) is 77.3 Å². The monoisotopic (exact) mass is 685 g/mol. The molecule has 2 amide bonds. The van der Waals surface area contributed by atoms with Crippen molar-refractivity contribution in [3.05, 3.63) is 88.4 Å². The van der Waals surface area contributed by atoms with Crippen LogP contribution >= 0.6 is 15.9 Å². The van der Waals surface area contributed by atoms with E-state index in [1.165, 1.54) is 4.31 Å². The number of rotatable bonds is 14. The van der Waals surface area contributed by atoms with Gasteiger partial charge in [0, 0.05) is 42.5 Å². The van der Waals surface area contributed by atoms with Crippen LogP contribution in [0.3, 0.4) is 0 Å². The molecule has 2 atom stereocenters. The number of anilines is 1. The van der Waals surface area contributed by atoms with Gasteiger partial charge >= 0.3 is 0 Å². The van der Waals surface area contributed by atoms with E-state index in [-0.39, 0.29) is 43.8 Å². The normalized spacial score (nSPS) is 13.9. The Balaban J connectivity index is 1.58. The lowest BCUT2D eigenvalue weighted by Gasteiger charge is -2.33. The number of ether oxygens (including phenoxy) is 2. The molecule has 236 valence electrons. The minimum Gasteiger partial charge on any atom is -0.486 e. The van der Waals surface area contributed by atoms with Crippen molar-refractivity contribution in [2.75, 3.05) is 30.3 Å². The van der Waals surface area contributed by atoms with Crippen molar-refractivity contribution in [1.82, 2.24) is 10.2 Å². The summed E-state index contributed by atoms with van der Waals surface area (Å²) in [6.45, 7) is 5.05. The number of nitrogens with one attached hydrogen (secondary N) is 1. The maximum atomic E-state index is 14.0. The summed E-state index contributed by atoms with van der Waals surface area (Å²) in [5.41, 5.74) is 2.24. The molecule has 1 aliphatic heterocycles. The van der Waals surface area contributed by atoms with E-state index >= 15 is 0 Å².